The molecule has 18 heavy (non-hydrogen) atoms. The first-order valence-corrected chi connectivity index (χ1v) is 5.56. The summed E-state index contributed by atoms with van der Waals surface area (Å²) in [4.78, 5) is 12.9. The van der Waals surface area contributed by atoms with E-state index in [0.717, 1.165) is 6.54 Å². The predicted molar refractivity (Wildman–Crippen MR) is 66.2 cm³/mol. The third-order valence-corrected chi connectivity index (χ3v) is 2.53. The number of fused-ring (bicyclic) bond motifs is 1. The van der Waals surface area contributed by atoms with Crippen molar-refractivity contribution < 1.29 is 14.6 Å². The van der Waals surface area contributed by atoms with Gasteiger partial charge in [0.2, 0.25) is 0 Å². The predicted octanol–water partition coefficient (Wildman–Crippen LogP) is 0.973. The third-order valence-electron chi connectivity index (χ3n) is 2.53. The van der Waals surface area contributed by atoms with Gasteiger partial charge in [0.05, 0.1) is 17.9 Å². The van der Waals surface area contributed by atoms with Gasteiger partial charge in [-0.05, 0) is 26.2 Å². The lowest BCUT2D eigenvalue weighted by atomic mass is 10.2. The molecule has 2 aromatic rings. The van der Waals surface area contributed by atoms with Gasteiger partial charge in [0.25, 0.3) is 0 Å². The molecular formula is C12H15N3O3. The minimum absolute atomic E-state index is 0.190. The van der Waals surface area contributed by atoms with Gasteiger partial charge in [-0.3, -0.25) is 0 Å². The summed E-state index contributed by atoms with van der Waals surface area (Å²) in [7, 11) is 3.94. The molecule has 2 heterocycles. The van der Waals surface area contributed by atoms with Crippen molar-refractivity contribution in [2.45, 2.75) is 0 Å². The number of likely N-dealkylation sites (N-methyl/N-ethyl adjacent to an activating group) is 1. The van der Waals surface area contributed by atoms with Crippen LogP contribution in [0.5, 0.6) is 5.75 Å². The van der Waals surface area contributed by atoms with Gasteiger partial charge in [0, 0.05) is 6.54 Å². The van der Waals surface area contributed by atoms with Crippen LogP contribution in [0.2, 0.25) is 0 Å². The Bertz CT molecular complexity index is 563. The number of carbonyl (C=O) groups is 1. The Labute approximate surface area is 104 Å². The Morgan fingerprint density at radius 3 is 2.94 bits per heavy atom. The summed E-state index contributed by atoms with van der Waals surface area (Å²) in [5.41, 5.74) is 0.748. The first-order valence-electron chi connectivity index (χ1n) is 5.56. The number of ether oxygens (including phenoxy) is 1. The second-order valence-corrected chi connectivity index (χ2v) is 4.21. The number of hydrogen-bond acceptors (Lipinski definition) is 4. The smallest absolute Gasteiger partial charge is 0.339 e. The van der Waals surface area contributed by atoms with Gasteiger partial charge in [-0.2, -0.15) is 5.10 Å². The van der Waals surface area contributed by atoms with Crippen LogP contribution in [-0.4, -0.2) is 52.8 Å². The molecule has 0 amide bonds. The van der Waals surface area contributed by atoms with Crippen molar-refractivity contribution in [1.29, 1.82) is 0 Å². The first-order chi connectivity index (χ1) is 8.58. The zero-order valence-corrected chi connectivity index (χ0v) is 10.3. The molecule has 0 aromatic carbocycles. The van der Waals surface area contributed by atoms with Gasteiger partial charge in [-0.25, -0.2) is 9.31 Å². The zero-order valence-electron chi connectivity index (χ0n) is 10.3. The normalized spacial score (nSPS) is 11.1. The molecule has 0 radical (unpaired) electrons. The minimum Gasteiger partial charge on any atom is -0.491 e. The molecular weight excluding hydrogens is 234 g/mol. The molecule has 0 aliphatic heterocycles. The van der Waals surface area contributed by atoms with Crippen molar-refractivity contribution in [3.63, 3.8) is 0 Å². The van der Waals surface area contributed by atoms with Crippen LogP contribution in [0.1, 0.15) is 10.4 Å². The van der Waals surface area contributed by atoms with Gasteiger partial charge in [-0.15, -0.1) is 0 Å². The van der Waals surface area contributed by atoms with Crippen molar-refractivity contribution in [3.8, 4) is 5.75 Å². The summed E-state index contributed by atoms with van der Waals surface area (Å²) in [6.07, 6.45) is 3.01. The van der Waals surface area contributed by atoms with Crippen molar-refractivity contribution in [3.05, 3.63) is 30.1 Å². The highest BCUT2D eigenvalue weighted by Gasteiger charge is 2.11. The van der Waals surface area contributed by atoms with E-state index in [9.17, 15) is 4.79 Å². The number of rotatable bonds is 5. The lowest BCUT2D eigenvalue weighted by Crippen LogP contribution is -2.19. The largest absolute Gasteiger partial charge is 0.491 e. The number of nitrogens with zero attached hydrogens (tertiary/aromatic N) is 3. The Hall–Kier alpha value is -2.08. The van der Waals surface area contributed by atoms with Gasteiger partial charge < -0.3 is 14.7 Å². The Kier molecular flexibility index (Phi) is 3.47. The molecule has 1 N–H and O–H groups in total. The summed E-state index contributed by atoms with van der Waals surface area (Å²) in [6, 6.07) is 3.44. The highest BCUT2D eigenvalue weighted by molar-refractivity contribution is 5.95. The quantitative estimate of drug-likeness (QED) is 0.855. The van der Waals surface area contributed by atoms with E-state index in [1.54, 1.807) is 18.3 Å². The number of aromatic carboxylic acids is 1. The Morgan fingerprint density at radius 1 is 1.50 bits per heavy atom. The molecule has 2 rings (SSSR count). The second-order valence-electron chi connectivity index (χ2n) is 4.21. The third kappa shape index (κ3) is 2.60. The van der Waals surface area contributed by atoms with Crippen LogP contribution in [0.25, 0.3) is 5.52 Å². The molecule has 0 saturated carbocycles. The number of pyridine rings is 1. The fourth-order valence-corrected chi connectivity index (χ4v) is 1.56. The molecule has 0 saturated heterocycles. The summed E-state index contributed by atoms with van der Waals surface area (Å²) < 4.78 is 7.05. The van der Waals surface area contributed by atoms with Crippen LogP contribution in [-0.2, 0) is 0 Å². The molecule has 6 nitrogen and oxygen atoms in total. The highest BCUT2D eigenvalue weighted by atomic mass is 16.5. The molecule has 0 unspecified atom stereocenters. The van der Waals surface area contributed by atoms with E-state index in [1.165, 1.54) is 10.7 Å². The molecule has 0 atom stereocenters. The Morgan fingerprint density at radius 2 is 2.28 bits per heavy atom. The molecule has 96 valence electrons. The minimum atomic E-state index is -0.980. The average Bonchev–Trinajstić information content (AvgIpc) is 2.71. The standard InChI is InChI=1S/C12H15N3O3/c1-14(2)5-6-18-9-3-4-11-10(12(16)17)7-13-15(11)8-9/h3-4,7-8H,5-6H2,1-2H3,(H,16,17). The molecule has 0 bridgehead atoms. The fraction of sp³-hybridized carbons (Fsp3) is 0.333. The monoisotopic (exact) mass is 249 g/mol. The van der Waals surface area contributed by atoms with E-state index in [0.29, 0.717) is 17.9 Å². The van der Waals surface area contributed by atoms with Crippen LogP contribution < -0.4 is 4.74 Å². The van der Waals surface area contributed by atoms with Crippen LogP contribution in [0.15, 0.2) is 24.5 Å². The summed E-state index contributed by atoms with van der Waals surface area (Å²) >= 11 is 0. The lowest BCUT2D eigenvalue weighted by molar-refractivity contribution is 0.0699. The number of hydrogen-bond donors (Lipinski definition) is 1. The molecule has 0 fully saturated rings. The Balaban J connectivity index is 2.16. The average molecular weight is 249 g/mol. The van der Waals surface area contributed by atoms with Gasteiger partial charge in [0.15, 0.2) is 0 Å². The summed E-state index contributed by atoms with van der Waals surface area (Å²) in [5.74, 6) is -0.310. The first kappa shape index (κ1) is 12.4. The van der Waals surface area contributed by atoms with E-state index in [2.05, 4.69) is 5.10 Å². The van der Waals surface area contributed by atoms with Crippen molar-refractivity contribution in [2.24, 2.45) is 0 Å². The van der Waals surface area contributed by atoms with E-state index < -0.39 is 5.97 Å². The summed E-state index contributed by atoms with van der Waals surface area (Å²) in [5, 5.41) is 12.9. The highest BCUT2D eigenvalue weighted by Crippen LogP contribution is 2.16. The van der Waals surface area contributed by atoms with Crippen molar-refractivity contribution in [2.75, 3.05) is 27.2 Å². The lowest BCUT2D eigenvalue weighted by Gasteiger charge is -2.10. The van der Waals surface area contributed by atoms with Crippen molar-refractivity contribution in [1.82, 2.24) is 14.5 Å². The van der Waals surface area contributed by atoms with Crippen LogP contribution in [0, 0.1) is 0 Å². The fourth-order valence-electron chi connectivity index (χ4n) is 1.56. The van der Waals surface area contributed by atoms with Crippen LogP contribution in [0.3, 0.4) is 0 Å². The van der Waals surface area contributed by atoms with Gasteiger partial charge in [0.1, 0.15) is 17.9 Å². The number of aromatic nitrogens is 2. The molecule has 0 aliphatic carbocycles. The maximum atomic E-state index is 10.9. The molecule has 6 heteroatoms. The second kappa shape index (κ2) is 5.05. The van der Waals surface area contributed by atoms with Gasteiger partial charge >= 0.3 is 5.97 Å². The zero-order chi connectivity index (χ0) is 13.1. The van der Waals surface area contributed by atoms with E-state index in [1.807, 2.05) is 19.0 Å². The van der Waals surface area contributed by atoms with Gasteiger partial charge in [-0.1, -0.05) is 0 Å². The molecule has 0 aliphatic rings. The number of carboxylic acids is 1. The maximum Gasteiger partial charge on any atom is 0.339 e. The molecule has 2 aromatic heterocycles. The number of carboxylic acid groups (broad SMARTS) is 1. The van der Waals surface area contributed by atoms with Crippen molar-refractivity contribution >= 4 is 11.5 Å². The maximum absolute atomic E-state index is 10.9. The SMILES string of the molecule is CN(C)CCOc1ccc2c(C(=O)O)cnn2c1. The van der Waals surface area contributed by atoms with Crippen LogP contribution in [0.4, 0.5) is 0 Å². The van der Waals surface area contributed by atoms with Crippen LogP contribution >= 0.6 is 0 Å². The van der Waals surface area contributed by atoms with E-state index in [4.69, 9.17) is 9.84 Å². The van der Waals surface area contributed by atoms with E-state index in [-0.39, 0.29) is 5.56 Å². The summed E-state index contributed by atoms with van der Waals surface area (Å²) in [6.45, 7) is 1.39. The van der Waals surface area contributed by atoms with E-state index >= 15 is 0 Å². The molecule has 0 spiro atoms. The topological polar surface area (TPSA) is 67.1 Å².